The first-order chi connectivity index (χ1) is 11.3. The fourth-order valence-corrected chi connectivity index (χ4v) is 2.75. The summed E-state index contributed by atoms with van der Waals surface area (Å²) in [6, 6.07) is 14.4. The van der Waals surface area contributed by atoms with Crippen molar-refractivity contribution in [1.82, 2.24) is 14.8 Å². The second-order valence-electron chi connectivity index (χ2n) is 5.24. The molecule has 4 aromatic rings. The number of aromatic nitrogens is 3. The second kappa shape index (κ2) is 5.35. The molecule has 0 saturated carbocycles. The molecule has 23 heavy (non-hydrogen) atoms. The number of para-hydroxylation sites is 1. The van der Waals surface area contributed by atoms with E-state index in [1.165, 1.54) is 6.07 Å². The number of halogens is 1. The van der Waals surface area contributed by atoms with Crippen LogP contribution in [0.2, 0.25) is 0 Å². The van der Waals surface area contributed by atoms with Crippen molar-refractivity contribution in [3.63, 3.8) is 0 Å². The number of hydrogen-bond donors (Lipinski definition) is 0. The van der Waals surface area contributed by atoms with Gasteiger partial charge in [-0.05, 0) is 25.1 Å². The third kappa shape index (κ3) is 2.21. The molecule has 0 fully saturated rings. The van der Waals surface area contributed by atoms with E-state index in [0.29, 0.717) is 11.5 Å². The summed E-state index contributed by atoms with van der Waals surface area (Å²) in [5.74, 6) is 0.205. The van der Waals surface area contributed by atoms with Crippen LogP contribution in [-0.2, 0) is 6.54 Å². The van der Waals surface area contributed by atoms with Gasteiger partial charge in [-0.2, -0.15) is 0 Å². The highest BCUT2D eigenvalue weighted by Gasteiger charge is 2.17. The number of fused-ring (bicyclic) bond motifs is 1. The van der Waals surface area contributed by atoms with Crippen molar-refractivity contribution in [3.8, 4) is 22.9 Å². The first-order valence-electron chi connectivity index (χ1n) is 7.44. The van der Waals surface area contributed by atoms with Crippen molar-refractivity contribution in [2.24, 2.45) is 0 Å². The van der Waals surface area contributed by atoms with Gasteiger partial charge in [0, 0.05) is 23.6 Å². The molecule has 0 N–H and O–H groups in total. The van der Waals surface area contributed by atoms with E-state index in [-0.39, 0.29) is 11.7 Å². The third-order valence-electron chi connectivity index (χ3n) is 3.89. The Morgan fingerprint density at radius 3 is 2.43 bits per heavy atom. The first-order valence-corrected chi connectivity index (χ1v) is 7.44. The molecule has 2 aromatic heterocycles. The van der Waals surface area contributed by atoms with Crippen molar-refractivity contribution >= 4 is 10.9 Å². The molecule has 0 aliphatic heterocycles. The molecule has 2 aromatic carbocycles. The summed E-state index contributed by atoms with van der Waals surface area (Å²) < 4.78 is 21.7. The molecule has 0 aliphatic carbocycles. The van der Waals surface area contributed by atoms with Crippen LogP contribution >= 0.6 is 0 Å². The standard InChI is InChI=1S/C18H14FN3O/c1-2-22-11-14(12-7-4-6-10-16(12)22)18-21-20-17(23-18)13-8-3-5-9-15(13)19/h3-11H,2H2,1H3. The van der Waals surface area contributed by atoms with Crippen LogP contribution in [0.15, 0.2) is 59.1 Å². The van der Waals surface area contributed by atoms with Gasteiger partial charge >= 0.3 is 0 Å². The van der Waals surface area contributed by atoms with Crippen LogP contribution in [0.3, 0.4) is 0 Å². The molecule has 2 heterocycles. The van der Waals surface area contributed by atoms with E-state index in [1.807, 2.05) is 24.4 Å². The van der Waals surface area contributed by atoms with Crippen molar-refractivity contribution < 1.29 is 8.81 Å². The highest BCUT2D eigenvalue weighted by molar-refractivity contribution is 5.94. The highest BCUT2D eigenvalue weighted by Crippen LogP contribution is 2.32. The quantitative estimate of drug-likeness (QED) is 0.559. The van der Waals surface area contributed by atoms with Gasteiger partial charge < -0.3 is 8.98 Å². The van der Waals surface area contributed by atoms with Gasteiger partial charge in [-0.1, -0.05) is 30.3 Å². The van der Waals surface area contributed by atoms with Gasteiger partial charge in [0.2, 0.25) is 5.89 Å². The molecule has 4 nitrogen and oxygen atoms in total. The lowest BCUT2D eigenvalue weighted by Crippen LogP contribution is -1.89. The largest absolute Gasteiger partial charge is 0.416 e. The maximum Gasteiger partial charge on any atom is 0.251 e. The average molecular weight is 307 g/mol. The second-order valence-corrected chi connectivity index (χ2v) is 5.24. The Bertz CT molecular complexity index is 987. The normalized spacial score (nSPS) is 11.2. The SMILES string of the molecule is CCn1cc(-c2nnc(-c3ccccc3F)o2)c2ccccc21. The van der Waals surface area contributed by atoms with E-state index in [4.69, 9.17) is 4.42 Å². The van der Waals surface area contributed by atoms with Gasteiger partial charge in [0.15, 0.2) is 0 Å². The van der Waals surface area contributed by atoms with E-state index in [9.17, 15) is 4.39 Å². The van der Waals surface area contributed by atoms with Crippen LogP contribution in [-0.4, -0.2) is 14.8 Å². The number of nitrogens with zero attached hydrogens (tertiary/aromatic N) is 3. The van der Waals surface area contributed by atoms with Gasteiger partial charge in [-0.25, -0.2) is 4.39 Å². The van der Waals surface area contributed by atoms with Crippen molar-refractivity contribution in [2.45, 2.75) is 13.5 Å². The molecule has 0 atom stereocenters. The summed E-state index contributed by atoms with van der Waals surface area (Å²) in [5, 5.41) is 9.14. The molecule has 0 unspecified atom stereocenters. The lowest BCUT2D eigenvalue weighted by atomic mass is 10.2. The van der Waals surface area contributed by atoms with Crippen LogP contribution in [0.25, 0.3) is 33.8 Å². The molecule has 0 radical (unpaired) electrons. The predicted molar refractivity (Wildman–Crippen MR) is 86.3 cm³/mol. The van der Waals surface area contributed by atoms with E-state index < -0.39 is 0 Å². The molecule has 0 saturated heterocycles. The van der Waals surface area contributed by atoms with Gasteiger partial charge in [0.05, 0.1) is 11.1 Å². The topological polar surface area (TPSA) is 43.9 Å². The van der Waals surface area contributed by atoms with Gasteiger partial charge in [0.1, 0.15) is 5.82 Å². The summed E-state index contributed by atoms with van der Waals surface area (Å²) in [6.45, 7) is 2.92. The zero-order valence-corrected chi connectivity index (χ0v) is 12.5. The molecular formula is C18H14FN3O. The van der Waals surface area contributed by atoms with Crippen LogP contribution in [0, 0.1) is 5.82 Å². The number of hydrogen-bond acceptors (Lipinski definition) is 3. The lowest BCUT2D eigenvalue weighted by Gasteiger charge is -1.97. The number of rotatable bonds is 3. The van der Waals surface area contributed by atoms with Crippen molar-refractivity contribution in [3.05, 3.63) is 60.5 Å². The molecule has 4 rings (SSSR count). The average Bonchev–Trinajstić information content (AvgIpc) is 3.19. The Labute approximate surface area is 132 Å². The van der Waals surface area contributed by atoms with E-state index >= 15 is 0 Å². The van der Waals surface area contributed by atoms with Crippen LogP contribution in [0.1, 0.15) is 6.92 Å². The molecule has 0 amide bonds. The Hall–Kier alpha value is -2.95. The summed E-state index contributed by atoms with van der Waals surface area (Å²) in [5.41, 5.74) is 2.28. The van der Waals surface area contributed by atoms with Gasteiger partial charge in [-0.3, -0.25) is 0 Å². The smallest absolute Gasteiger partial charge is 0.251 e. The zero-order chi connectivity index (χ0) is 15.8. The third-order valence-corrected chi connectivity index (χ3v) is 3.89. The Morgan fingerprint density at radius 1 is 0.957 bits per heavy atom. The van der Waals surface area contributed by atoms with E-state index in [1.54, 1.807) is 18.2 Å². The van der Waals surface area contributed by atoms with Crippen LogP contribution in [0.4, 0.5) is 4.39 Å². The maximum atomic E-state index is 13.9. The Morgan fingerprint density at radius 2 is 1.65 bits per heavy atom. The first kappa shape index (κ1) is 13.7. The number of aryl methyl sites for hydroxylation is 1. The summed E-state index contributed by atoms with van der Waals surface area (Å²) in [6.07, 6.45) is 1.99. The fraction of sp³-hybridized carbons (Fsp3) is 0.111. The zero-order valence-electron chi connectivity index (χ0n) is 12.5. The minimum absolute atomic E-state index is 0.187. The minimum Gasteiger partial charge on any atom is -0.416 e. The van der Waals surface area contributed by atoms with Gasteiger partial charge in [-0.15, -0.1) is 10.2 Å². The number of benzene rings is 2. The fourth-order valence-electron chi connectivity index (χ4n) is 2.75. The minimum atomic E-state index is -0.376. The Balaban J connectivity index is 1.86. The van der Waals surface area contributed by atoms with Gasteiger partial charge in [0.25, 0.3) is 5.89 Å². The molecule has 0 aliphatic rings. The lowest BCUT2D eigenvalue weighted by molar-refractivity contribution is 0.571. The highest BCUT2D eigenvalue weighted by atomic mass is 19.1. The summed E-state index contributed by atoms with van der Waals surface area (Å²) >= 11 is 0. The molecular weight excluding hydrogens is 293 g/mol. The van der Waals surface area contributed by atoms with E-state index in [2.05, 4.69) is 27.8 Å². The van der Waals surface area contributed by atoms with Crippen molar-refractivity contribution in [1.29, 1.82) is 0 Å². The van der Waals surface area contributed by atoms with Crippen LogP contribution < -0.4 is 0 Å². The summed E-state index contributed by atoms with van der Waals surface area (Å²) in [4.78, 5) is 0. The predicted octanol–water partition coefficient (Wildman–Crippen LogP) is 4.52. The molecule has 0 spiro atoms. The molecule has 5 heteroatoms. The van der Waals surface area contributed by atoms with E-state index in [0.717, 1.165) is 23.0 Å². The summed E-state index contributed by atoms with van der Waals surface area (Å²) in [7, 11) is 0. The maximum absolute atomic E-state index is 13.9. The molecule has 114 valence electrons. The monoisotopic (exact) mass is 307 g/mol. The van der Waals surface area contributed by atoms with Crippen molar-refractivity contribution in [2.75, 3.05) is 0 Å². The Kier molecular flexibility index (Phi) is 3.19. The molecule has 0 bridgehead atoms. The van der Waals surface area contributed by atoms with Crippen LogP contribution in [0.5, 0.6) is 0 Å².